The normalized spacial score (nSPS) is 16.7. The van der Waals surface area contributed by atoms with E-state index in [1.165, 1.54) is 49.8 Å². The minimum absolute atomic E-state index is 0.937. The van der Waals surface area contributed by atoms with Crippen LogP contribution in [0.25, 0.3) is 5.70 Å². The number of likely N-dealkylation sites (tertiary alicyclic amines) is 1. The van der Waals surface area contributed by atoms with E-state index in [2.05, 4.69) is 48.0 Å². The predicted octanol–water partition coefficient (Wildman–Crippen LogP) is 3.38. The average Bonchev–Trinajstić information content (AvgIpc) is 2.62. The van der Waals surface area contributed by atoms with Crippen LogP contribution in [0.1, 0.15) is 50.7 Å². The van der Waals surface area contributed by atoms with Gasteiger partial charge in [0.05, 0.1) is 6.34 Å². The van der Waals surface area contributed by atoms with Crippen molar-refractivity contribution in [2.24, 2.45) is 16.5 Å². The van der Waals surface area contributed by atoms with Crippen LogP contribution in [0.2, 0.25) is 0 Å². The van der Waals surface area contributed by atoms with Crippen LogP contribution < -0.4 is 11.5 Å². The maximum Gasteiger partial charge on any atom is 0.0794 e. The summed E-state index contributed by atoms with van der Waals surface area (Å²) in [6.45, 7) is 7.83. The highest BCUT2D eigenvalue weighted by Crippen LogP contribution is 2.18. The molecule has 1 fully saturated rings. The molecule has 1 aliphatic heterocycles. The molecular weight excluding hydrogens is 284 g/mol. The molecule has 128 valence electrons. The molecule has 0 radical (unpaired) electrons. The van der Waals surface area contributed by atoms with Crippen LogP contribution in [0.5, 0.6) is 0 Å². The minimum atomic E-state index is 0.937. The van der Waals surface area contributed by atoms with Crippen molar-refractivity contribution in [1.82, 2.24) is 4.90 Å². The van der Waals surface area contributed by atoms with E-state index in [0.29, 0.717) is 0 Å². The van der Waals surface area contributed by atoms with E-state index >= 15 is 0 Å². The molecule has 0 unspecified atom stereocenters. The summed E-state index contributed by atoms with van der Waals surface area (Å²) in [6, 6.07) is 8.76. The lowest BCUT2D eigenvalue weighted by Gasteiger charge is -2.26. The number of hydrogen-bond acceptors (Lipinski definition) is 3. The number of piperidine rings is 1. The van der Waals surface area contributed by atoms with E-state index in [1.807, 2.05) is 0 Å². The number of aliphatic imine (C=N–C) groups is 1. The predicted molar refractivity (Wildman–Crippen MR) is 101 cm³/mol. The Hall–Kier alpha value is -1.81. The molecule has 0 spiro atoms. The first-order chi connectivity index (χ1) is 11.1. The van der Waals surface area contributed by atoms with E-state index < -0.39 is 0 Å². The van der Waals surface area contributed by atoms with Crippen LogP contribution in [0.3, 0.4) is 0 Å². The van der Waals surface area contributed by atoms with Gasteiger partial charge in [0.15, 0.2) is 0 Å². The molecule has 0 aliphatic carbocycles. The van der Waals surface area contributed by atoms with E-state index in [0.717, 1.165) is 24.2 Å². The van der Waals surface area contributed by atoms with Crippen LogP contribution in [0.15, 0.2) is 34.8 Å². The Morgan fingerprint density at radius 3 is 2.22 bits per heavy atom. The Morgan fingerprint density at radius 1 is 1.17 bits per heavy atom. The molecule has 23 heavy (non-hydrogen) atoms. The summed E-state index contributed by atoms with van der Waals surface area (Å²) in [5, 5.41) is 0. The van der Waals surface area contributed by atoms with Gasteiger partial charge < -0.3 is 11.5 Å². The van der Waals surface area contributed by atoms with Gasteiger partial charge in [0.1, 0.15) is 0 Å². The molecule has 0 atom stereocenters. The van der Waals surface area contributed by atoms with E-state index in [-0.39, 0.29) is 0 Å². The Kier molecular flexibility index (Phi) is 9.07. The lowest BCUT2D eigenvalue weighted by molar-refractivity contribution is 0.221. The summed E-state index contributed by atoms with van der Waals surface area (Å²) >= 11 is 0. The summed E-state index contributed by atoms with van der Waals surface area (Å²) in [6.07, 6.45) is 6.36. The third-order valence-electron chi connectivity index (χ3n) is 4.26. The molecule has 0 aromatic heterocycles. The van der Waals surface area contributed by atoms with E-state index in [9.17, 15) is 0 Å². The monoisotopic (exact) mass is 316 g/mol. The fourth-order valence-electron chi connectivity index (χ4n) is 2.60. The van der Waals surface area contributed by atoms with Crippen molar-refractivity contribution >= 4 is 12.0 Å². The first-order valence-electron chi connectivity index (χ1n) is 8.51. The number of hydrogen-bond donors (Lipinski definition) is 2. The Bertz CT molecular complexity index is 493. The molecule has 4 heteroatoms. The largest absolute Gasteiger partial charge is 0.398 e. The van der Waals surface area contributed by atoms with Crippen LogP contribution in [0, 0.1) is 0 Å². The molecule has 1 aromatic rings. The number of nitrogens with two attached hydrogens (primary N) is 2. The molecule has 0 saturated carbocycles. The quantitative estimate of drug-likeness (QED) is 0.661. The second-order valence-electron chi connectivity index (χ2n) is 5.99. The molecule has 4 nitrogen and oxygen atoms in total. The number of allylic oxidation sites excluding steroid dienone is 1. The molecule has 0 bridgehead atoms. The van der Waals surface area contributed by atoms with Gasteiger partial charge in [-0.05, 0) is 50.4 Å². The lowest BCUT2D eigenvalue weighted by atomic mass is 10.0. The molecule has 1 aliphatic rings. The van der Waals surface area contributed by atoms with Gasteiger partial charge >= 0.3 is 0 Å². The highest BCUT2D eigenvalue weighted by molar-refractivity contribution is 5.65. The first kappa shape index (κ1) is 19.2. The zero-order valence-corrected chi connectivity index (χ0v) is 14.9. The first-order valence-corrected chi connectivity index (χ1v) is 8.51. The second-order valence-corrected chi connectivity index (χ2v) is 5.99. The van der Waals surface area contributed by atoms with Crippen molar-refractivity contribution in [3.63, 3.8) is 0 Å². The zero-order chi connectivity index (χ0) is 17.1. The molecule has 4 N–H and O–H groups in total. The summed E-state index contributed by atoms with van der Waals surface area (Å²) in [5.41, 5.74) is 15.6. The van der Waals surface area contributed by atoms with Crippen LogP contribution in [-0.2, 0) is 6.54 Å². The van der Waals surface area contributed by atoms with Gasteiger partial charge in [0.25, 0.3) is 0 Å². The van der Waals surface area contributed by atoms with Crippen LogP contribution in [-0.4, -0.2) is 31.4 Å². The van der Waals surface area contributed by atoms with Crippen LogP contribution >= 0.6 is 0 Å². The maximum absolute atomic E-state index is 6.15. The summed E-state index contributed by atoms with van der Waals surface area (Å²) < 4.78 is 0. The van der Waals surface area contributed by atoms with Crippen LogP contribution in [0.4, 0.5) is 0 Å². The number of nitrogens with zero attached hydrogens (tertiary/aromatic N) is 2. The van der Waals surface area contributed by atoms with Crippen molar-refractivity contribution in [2.75, 3.05) is 20.1 Å². The summed E-state index contributed by atoms with van der Waals surface area (Å²) in [4.78, 5) is 5.94. The number of benzene rings is 1. The summed E-state index contributed by atoms with van der Waals surface area (Å²) in [5.74, 6) is 0. The topological polar surface area (TPSA) is 67.6 Å². The van der Waals surface area contributed by atoms with Gasteiger partial charge in [0, 0.05) is 19.3 Å². The van der Waals surface area contributed by atoms with Gasteiger partial charge in [0.2, 0.25) is 0 Å². The molecule has 1 saturated heterocycles. The highest BCUT2D eigenvalue weighted by atomic mass is 15.1. The highest BCUT2D eigenvalue weighted by Gasteiger charge is 2.10. The average molecular weight is 316 g/mol. The third-order valence-corrected chi connectivity index (χ3v) is 4.26. The van der Waals surface area contributed by atoms with Gasteiger partial charge in [-0.1, -0.05) is 43.2 Å². The molecule has 1 heterocycles. The van der Waals surface area contributed by atoms with Gasteiger partial charge in [-0.3, -0.25) is 9.89 Å². The van der Waals surface area contributed by atoms with Crippen molar-refractivity contribution in [2.45, 2.75) is 46.1 Å². The second kappa shape index (κ2) is 10.8. The zero-order valence-electron chi connectivity index (χ0n) is 14.9. The minimum Gasteiger partial charge on any atom is -0.398 e. The Balaban J connectivity index is 0.000000593. The third kappa shape index (κ3) is 6.87. The number of rotatable bonds is 4. The Labute approximate surface area is 141 Å². The van der Waals surface area contributed by atoms with E-state index in [1.54, 1.807) is 7.05 Å². The fraction of sp³-hybridized carbons (Fsp3) is 0.526. The van der Waals surface area contributed by atoms with Gasteiger partial charge in [-0.25, -0.2) is 0 Å². The lowest BCUT2D eigenvalue weighted by Crippen LogP contribution is -2.29. The SMILES string of the molecule is CC/C(C)=C(/N)c1ccc(CN2CCCCC2)cc1.CN=CN. The van der Waals surface area contributed by atoms with Crippen molar-refractivity contribution in [3.8, 4) is 0 Å². The van der Waals surface area contributed by atoms with Crippen molar-refractivity contribution in [1.29, 1.82) is 0 Å². The fourth-order valence-corrected chi connectivity index (χ4v) is 2.60. The molecule has 0 amide bonds. The maximum atomic E-state index is 6.15. The molecular formula is C19H32N4. The smallest absolute Gasteiger partial charge is 0.0794 e. The van der Waals surface area contributed by atoms with E-state index in [4.69, 9.17) is 11.5 Å². The van der Waals surface area contributed by atoms with Gasteiger partial charge in [-0.15, -0.1) is 0 Å². The molecule has 2 rings (SSSR count). The molecule has 1 aromatic carbocycles. The van der Waals surface area contributed by atoms with Crippen molar-refractivity contribution in [3.05, 3.63) is 41.0 Å². The Morgan fingerprint density at radius 2 is 1.74 bits per heavy atom. The van der Waals surface area contributed by atoms with Crippen molar-refractivity contribution < 1.29 is 0 Å². The summed E-state index contributed by atoms with van der Waals surface area (Å²) in [7, 11) is 1.62. The van der Waals surface area contributed by atoms with Gasteiger partial charge in [-0.2, -0.15) is 0 Å². The standard InChI is InChI=1S/C17H26N2.C2H6N2/c1-3-14(2)17(18)16-9-7-15(8-10-16)13-19-11-5-4-6-12-19;1-4-2-3/h7-10H,3-6,11-13,18H2,1-2H3;2H,1H3,(H2,3,4)/b17-14+;.